The normalized spacial score (nSPS) is 13.4. The predicted octanol–water partition coefficient (Wildman–Crippen LogP) is 4.08. The number of hydrogen-bond donors (Lipinski definition) is 1. The Kier molecular flexibility index (Phi) is 7.17. The lowest BCUT2D eigenvalue weighted by Gasteiger charge is -2.35. The quantitative estimate of drug-likeness (QED) is 0.394. The Hall–Kier alpha value is -4.53. The number of anilines is 2. The molecule has 1 saturated heterocycles. The number of amides is 1. The van der Waals surface area contributed by atoms with Crippen molar-refractivity contribution in [3.63, 3.8) is 0 Å². The van der Waals surface area contributed by atoms with E-state index >= 15 is 0 Å². The van der Waals surface area contributed by atoms with Gasteiger partial charge in [-0.3, -0.25) is 4.79 Å². The highest BCUT2D eigenvalue weighted by Gasteiger charge is 2.24. The van der Waals surface area contributed by atoms with Crippen LogP contribution in [0.25, 0.3) is 10.9 Å². The highest BCUT2D eigenvalue weighted by atomic mass is 16.5. The van der Waals surface area contributed by atoms with Gasteiger partial charge in [-0.1, -0.05) is 29.8 Å². The van der Waals surface area contributed by atoms with Crippen LogP contribution in [0.3, 0.4) is 0 Å². The highest BCUT2D eigenvalue weighted by molar-refractivity contribution is 5.94. The summed E-state index contributed by atoms with van der Waals surface area (Å²) in [6, 6.07) is 19.1. The molecule has 1 aliphatic rings. The molecule has 0 spiro atoms. The summed E-state index contributed by atoms with van der Waals surface area (Å²) >= 11 is 0. The Morgan fingerprint density at radius 3 is 2.21 bits per heavy atom. The first-order valence-electron chi connectivity index (χ1n) is 12.5. The zero-order valence-electron chi connectivity index (χ0n) is 21.8. The van der Waals surface area contributed by atoms with Crippen LogP contribution in [0.5, 0.6) is 17.2 Å². The van der Waals surface area contributed by atoms with E-state index in [1.807, 2.05) is 34.1 Å². The number of aryl methyl sites for hydroxylation is 1. The van der Waals surface area contributed by atoms with Gasteiger partial charge < -0.3 is 29.7 Å². The number of hydrogen-bond acceptors (Lipinski definition) is 8. The molecule has 9 nitrogen and oxygen atoms in total. The van der Waals surface area contributed by atoms with Gasteiger partial charge in [-0.25, -0.2) is 4.98 Å². The van der Waals surface area contributed by atoms with Gasteiger partial charge in [0.15, 0.2) is 11.5 Å². The van der Waals surface area contributed by atoms with Crippen molar-refractivity contribution in [1.29, 1.82) is 0 Å². The van der Waals surface area contributed by atoms with Crippen LogP contribution in [-0.2, 0) is 6.61 Å². The highest BCUT2D eigenvalue weighted by Crippen LogP contribution is 2.34. The molecule has 1 aliphatic heterocycles. The number of carbonyl (C=O) groups is 1. The molecule has 1 fully saturated rings. The third-order valence-corrected chi connectivity index (χ3v) is 6.70. The van der Waals surface area contributed by atoms with Crippen LogP contribution in [0.4, 0.5) is 11.8 Å². The molecule has 9 heteroatoms. The second-order valence-corrected chi connectivity index (χ2v) is 9.21. The molecule has 5 rings (SSSR count). The van der Waals surface area contributed by atoms with Gasteiger partial charge in [0.1, 0.15) is 18.2 Å². The van der Waals surface area contributed by atoms with Crippen LogP contribution in [-0.4, -0.2) is 61.2 Å². The molecule has 1 aromatic heterocycles. The lowest BCUT2D eigenvalue weighted by atomic mass is 10.1. The first kappa shape index (κ1) is 25.1. The van der Waals surface area contributed by atoms with Gasteiger partial charge in [0.05, 0.1) is 19.7 Å². The summed E-state index contributed by atoms with van der Waals surface area (Å²) < 4.78 is 16.6. The van der Waals surface area contributed by atoms with Crippen LogP contribution < -0.4 is 24.8 Å². The molecule has 0 saturated carbocycles. The zero-order chi connectivity index (χ0) is 26.6. The lowest BCUT2D eigenvalue weighted by Crippen LogP contribution is -2.49. The second kappa shape index (κ2) is 10.8. The molecule has 3 aromatic carbocycles. The number of methoxy groups -OCH3 is 2. The summed E-state index contributed by atoms with van der Waals surface area (Å²) in [6.45, 7) is 4.85. The molecule has 1 amide bonds. The van der Waals surface area contributed by atoms with E-state index in [-0.39, 0.29) is 5.91 Å². The molecule has 0 atom stereocenters. The number of nitrogens with zero attached hydrogens (tertiary/aromatic N) is 4. The Morgan fingerprint density at radius 1 is 0.895 bits per heavy atom. The topological polar surface area (TPSA) is 103 Å². The van der Waals surface area contributed by atoms with Crippen molar-refractivity contribution >= 4 is 28.6 Å². The fourth-order valence-electron chi connectivity index (χ4n) is 4.44. The number of nitrogens with two attached hydrogens (primary N) is 1. The van der Waals surface area contributed by atoms with Crippen molar-refractivity contribution in [1.82, 2.24) is 14.9 Å². The number of carbonyl (C=O) groups excluding carboxylic acids is 1. The fraction of sp³-hybridized carbons (Fsp3) is 0.276. The van der Waals surface area contributed by atoms with E-state index < -0.39 is 0 Å². The summed E-state index contributed by atoms with van der Waals surface area (Å²) in [7, 11) is 3.15. The third-order valence-electron chi connectivity index (χ3n) is 6.70. The van der Waals surface area contributed by atoms with E-state index in [4.69, 9.17) is 24.9 Å². The third kappa shape index (κ3) is 5.27. The van der Waals surface area contributed by atoms with E-state index in [0.717, 1.165) is 11.3 Å². The molecule has 2 heterocycles. The van der Waals surface area contributed by atoms with E-state index in [2.05, 4.69) is 36.2 Å². The van der Waals surface area contributed by atoms with Gasteiger partial charge >= 0.3 is 0 Å². The second-order valence-electron chi connectivity index (χ2n) is 9.21. The number of nitrogen functional groups attached to an aromatic ring is 1. The molecule has 0 bridgehead atoms. The van der Waals surface area contributed by atoms with Crippen LogP contribution in [0.15, 0.2) is 60.7 Å². The monoisotopic (exact) mass is 513 g/mol. The van der Waals surface area contributed by atoms with Crippen molar-refractivity contribution in [2.45, 2.75) is 13.5 Å². The van der Waals surface area contributed by atoms with Gasteiger partial charge in [0.25, 0.3) is 5.91 Å². The minimum absolute atomic E-state index is 0.00879. The average Bonchev–Trinajstić information content (AvgIpc) is 2.96. The minimum atomic E-state index is -0.00879. The van der Waals surface area contributed by atoms with Crippen molar-refractivity contribution in [3.05, 3.63) is 77.4 Å². The summed E-state index contributed by atoms with van der Waals surface area (Å²) in [5, 5.41) is 0.700. The summed E-state index contributed by atoms with van der Waals surface area (Å²) in [5.74, 6) is 2.77. The van der Waals surface area contributed by atoms with Crippen molar-refractivity contribution in [2.75, 3.05) is 51.0 Å². The smallest absolute Gasteiger partial charge is 0.253 e. The largest absolute Gasteiger partial charge is 0.493 e. The number of fused-ring (bicyclic) bond motifs is 1. The molecule has 4 aromatic rings. The van der Waals surface area contributed by atoms with Gasteiger partial charge in [0.2, 0.25) is 5.95 Å². The first-order valence-corrected chi connectivity index (χ1v) is 12.5. The molecular weight excluding hydrogens is 482 g/mol. The van der Waals surface area contributed by atoms with E-state index in [1.165, 1.54) is 5.56 Å². The maximum absolute atomic E-state index is 13.1. The van der Waals surface area contributed by atoms with Crippen molar-refractivity contribution in [3.8, 4) is 17.2 Å². The molecule has 196 valence electrons. The number of rotatable bonds is 7. The van der Waals surface area contributed by atoms with Gasteiger partial charge in [-0.05, 0) is 42.8 Å². The van der Waals surface area contributed by atoms with Crippen molar-refractivity contribution in [2.24, 2.45) is 0 Å². The summed E-state index contributed by atoms with van der Waals surface area (Å²) in [5.41, 5.74) is 9.88. The minimum Gasteiger partial charge on any atom is -0.493 e. The molecule has 2 N–H and O–H groups in total. The van der Waals surface area contributed by atoms with Crippen LogP contribution in [0.1, 0.15) is 21.5 Å². The summed E-state index contributed by atoms with van der Waals surface area (Å²) in [4.78, 5) is 26.2. The zero-order valence-corrected chi connectivity index (χ0v) is 21.8. The first-order chi connectivity index (χ1) is 18.4. The van der Waals surface area contributed by atoms with Gasteiger partial charge in [-0.15, -0.1) is 0 Å². The van der Waals surface area contributed by atoms with Crippen LogP contribution in [0.2, 0.25) is 0 Å². The number of piperazine rings is 1. The van der Waals surface area contributed by atoms with Gasteiger partial charge in [-0.2, -0.15) is 4.98 Å². The standard InChI is InChI=1S/C29H31N5O4/c1-19-4-6-20(7-5-19)18-38-22-10-8-21(9-11-22)28(35)33-12-14-34(15-13-33)29-31-24-17-26(37-3)25(36-2)16-23(24)27(30)32-29/h4-11,16-17H,12-15,18H2,1-3H3,(H2,30,31,32). The van der Waals surface area contributed by atoms with E-state index in [9.17, 15) is 4.79 Å². The fourth-order valence-corrected chi connectivity index (χ4v) is 4.44. The Labute approximate surface area is 221 Å². The molecule has 0 aliphatic carbocycles. The molecular formula is C29H31N5O4. The SMILES string of the molecule is COc1cc2nc(N3CCN(C(=O)c4ccc(OCc5ccc(C)cc5)cc4)CC3)nc(N)c2cc1OC. The molecule has 0 unspecified atom stereocenters. The number of benzene rings is 3. The lowest BCUT2D eigenvalue weighted by molar-refractivity contribution is 0.0746. The Balaban J connectivity index is 1.21. The molecule has 38 heavy (non-hydrogen) atoms. The molecule has 0 radical (unpaired) electrons. The Morgan fingerprint density at radius 2 is 1.55 bits per heavy atom. The Bertz CT molecular complexity index is 1430. The number of ether oxygens (including phenoxy) is 3. The van der Waals surface area contributed by atoms with Gasteiger partial charge in [0, 0.05) is 43.2 Å². The predicted molar refractivity (Wildman–Crippen MR) is 147 cm³/mol. The maximum atomic E-state index is 13.1. The average molecular weight is 514 g/mol. The van der Waals surface area contributed by atoms with Crippen molar-refractivity contribution < 1.29 is 19.0 Å². The van der Waals surface area contributed by atoms with E-state index in [0.29, 0.717) is 72.5 Å². The van der Waals surface area contributed by atoms with Crippen LogP contribution >= 0.6 is 0 Å². The van der Waals surface area contributed by atoms with E-state index in [1.54, 1.807) is 26.4 Å². The maximum Gasteiger partial charge on any atom is 0.253 e. The number of aromatic nitrogens is 2. The summed E-state index contributed by atoms with van der Waals surface area (Å²) in [6.07, 6.45) is 0. The van der Waals surface area contributed by atoms with Crippen LogP contribution in [0, 0.1) is 6.92 Å².